The zero-order valence-electron chi connectivity index (χ0n) is 8.25. The van der Waals surface area contributed by atoms with Gasteiger partial charge < -0.3 is 5.11 Å². The fourth-order valence-electron chi connectivity index (χ4n) is 3.39. The Labute approximate surface area is 79.3 Å². The molecule has 2 aliphatic rings. The molecule has 0 saturated heterocycles. The van der Waals surface area contributed by atoms with Crippen molar-refractivity contribution in [1.29, 1.82) is 0 Å². The third-order valence-electron chi connectivity index (χ3n) is 4.29. The van der Waals surface area contributed by atoms with Crippen molar-refractivity contribution in [2.24, 2.45) is 17.3 Å². The highest BCUT2D eigenvalue weighted by molar-refractivity contribution is 5.86. The number of carbonyl (C=O) groups excluding carboxylic acids is 1. The zero-order chi connectivity index (χ0) is 9.47. The van der Waals surface area contributed by atoms with Gasteiger partial charge in [-0.2, -0.15) is 0 Å². The van der Waals surface area contributed by atoms with Crippen molar-refractivity contribution in [3.05, 3.63) is 0 Å². The summed E-state index contributed by atoms with van der Waals surface area (Å²) in [6, 6.07) is 0. The van der Waals surface area contributed by atoms with Gasteiger partial charge in [0.15, 0.2) is 0 Å². The van der Waals surface area contributed by atoms with Crippen LogP contribution in [0.5, 0.6) is 0 Å². The SMILES string of the molecule is C[C@H]1CCC2CCCC(=O)[C@@]21CO. The van der Waals surface area contributed by atoms with Crippen LogP contribution in [0.4, 0.5) is 0 Å². The molecule has 2 rings (SSSR count). The smallest absolute Gasteiger partial charge is 0.141 e. The summed E-state index contributed by atoms with van der Waals surface area (Å²) in [6.45, 7) is 2.21. The Morgan fingerprint density at radius 1 is 1.46 bits per heavy atom. The molecule has 13 heavy (non-hydrogen) atoms. The molecule has 0 spiro atoms. The van der Waals surface area contributed by atoms with Crippen molar-refractivity contribution in [2.45, 2.75) is 39.0 Å². The van der Waals surface area contributed by atoms with E-state index >= 15 is 0 Å². The van der Waals surface area contributed by atoms with E-state index in [0.29, 0.717) is 24.0 Å². The van der Waals surface area contributed by atoms with E-state index < -0.39 is 0 Å². The van der Waals surface area contributed by atoms with Crippen molar-refractivity contribution in [1.82, 2.24) is 0 Å². The van der Waals surface area contributed by atoms with Gasteiger partial charge in [0.1, 0.15) is 5.78 Å². The van der Waals surface area contributed by atoms with E-state index in [1.165, 1.54) is 0 Å². The molecule has 0 radical (unpaired) electrons. The number of aliphatic hydroxyl groups is 1. The van der Waals surface area contributed by atoms with E-state index in [2.05, 4.69) is 6.92 Å². The highest BCUT2D eigenvalue weighted by Gasteiger charge is 2.53. The summed E-state index contributed by atoms with van der Waals surface area (Å²) in [7, 11) is 0. The summed E-state index contributed by atoms with van der Waals surface area (Å²) < 4.78 is 0. The zero-order valence-corrected chi connectivity index (χ0v) is 8.25. The summed E-state index contributed by atoms with van der Waals surface area (Å²) in [4.78, 5) is 11.9. The minimum absolute atomic E-state index is 0.0810. The van der Waals surface area contributed by atoms with Crippen molar-refractivity contribution in [2.75, 3.05) is 6.61 Å². The third kappa shape index (κ3) is 1.08. The Hall–Kier alpha value is -0.370. The van der Waals surface area contributed by atoms with Gasteiger partial charge in [-0.25, -0.2) is 0 Å². The average molecular weight is 182 g/mol. The molecule has 2 saturated carbocycles. The normalized spacial score (nSPS) is 44.9. The first-order chi connectivity index (χ1) is 6.21. The Morgan fingerprint density at radius 3 is 2.85 bits per heavy atom. The van der Waals surface area contributed by atoms with Crippen LogP contribution in [0.1, 0.15) is 39.0 Å². The molecule has 2 fully saturated rings. The minimum atomic E-state index is -0.335. The van der Waals surface area contributed by atoms with E-state index in [0.717, 1.165) is 25.7 Å². The number of aliphatic hydroxyl groups excluding tert-OH is 1. The quantitative estimate of drug-likeness (QED) is 0.671. The molecule has 0 aliphatic heterocycles. The van der Waals surface area contributed by atoms with Crippen LogP contribution in [-0.4, -0.2) is 17.5 Å². The van der Waals surface area contributed by atoms with Crippen LogP contribution in [0.2, 0.25) is 0 Å². The first kappa shape index (κ1) is 9.20. The molecule has 1 N–H and O–H groups in total. The number of carbonyl (C=O) groups is 1. The van der Waals surface area contributed by atoms with Crippen LogP contribution in [0.25, 0.3) is 0 Å². The number of hydrogen-bond donors (Lipinski definition) is 1. The lowest BCUT2D eigenvalue weighted by molar-refractivity contribution is -0.139. The highest BCUT2D eigenvalue weighted by Crippen LogP contribution is 2.53. The Morgan fingerprint density at radius 2 is 2.23 bits per heavy atom. The fourth-order valence-corrected chi connectivity index (χ4v) is 3.39. The fraction of sp³-hybridized carbons (Fsp3) is 0.909. The van der Waals surface area contributed by atoms with Crippen LogP contribution in [0.3, 0.4) is 0 Å². The van der Waals surface area contributed by atoms with Gasteiger partial charge in [-0.1, -0.05) is 6.92 Å². The van der Waals surface area contributed by atoms with Crippen LogP contribution in [0.15, 0.2) is 0 Å². The maximum absolute atomic E-state index is 11.9. The highest BCUT2D eigenvalue weighted by atomic mass is 16.3. The summed E-state index contributed by atoms with van der Waals surface area (Å²) in [6.07, 6.45) is 5.15. The molecule has 3 atom stereocenters. The standard InChI is InChI=1S/C11H18O2/c1-8-5-6-9-3-2-4-10(13)11(8,9)7-12/h8-9,12H,2-7H2,1H3/t8-,9?,11+/m0/s1. The molecule has 0 aromatic rings. The van der Waals surface area contributed by atoms with Crippen LogP contribution >= 0.6 is 0 Å². The van der Waals surface area contributed by atoms with E-state index in [1.807, 2.05) is 0 Å². The van der Waals surface area contributed by atoms with Gasteiger partial charge >= 0.3 is 0 Å². The van der Waals surface area contributed by atoms with Gasteiger partial charge in [-0.3, -0.25) is 4.79 Å². The first-order valence-electron chi connectivity index (χ1n) is 5.36. The molecule has 74 valence electrons. The molecule has 2 nitrogen and oxygen atoms in total. The second-order valence-corrected chi connectivity index (χ2v) is 4.69. The summed E-state index contributed by atoms with van der Waals surface area (Å²) in [5, 5.41) is 9.47. The van der Waals surface area contributed by atoms with Crippen LogP contribution < -0.4 is 0 Å². The lowest BCUT2D eigenvalue weighted by Crippen LogP contribution is -2.45. The molecular formula is C11H18O2. The lowest BCUT2D eigenvalue weighted by Gasteiger charge is -2.39. The second kappa shape index (κ2) is 3.09. The van der Waals surface area contributed by atoms with E-state index in [4.69, 9.17) is 0 Å². The molecule has 1 unspecified atom stereocenters. The monoisotopic (exact) mass is 182 g/mol. The molecule has 0 aromatic carbocycles. The Kier molecular flexibility index (Phi) is 2.18. The van der Waals surface area contributed by atoms with E-state index in [1.54, 1.807) is 0 Å². The molecule has 2 aliphatic carbocycles. The molecule has 0 aromatic heterocycles. The molecule has 0 amide bonds. The van der Waals surface area contributed by atoms with Crippen molar-refractivity contribution in [3.8, 4) is 0 Å². The number of Topliss-reactive ketones (excluding diaryl/α,β-unsaturated/α-hetero) is 1. The van der Waals surface area contributed by atoms with Crippen molar-refractivity contribution >= 4 is 5.78 Å². The number of hydrogen-bond acceptors (Lipinski definition) is 2. The van der Waals surface area contributed by atoms with Gasteiger partial charge in [0, 0.05) is 6.42 Å². The minimum Gasteiger partial charge on any atom is -0.395 e. The molecular weight excluding hydrogens is 164 g/mol. The maximum Gasteiger partial charge on any atom is 0.141 e. The Bertz CT molecular complexity index is 222. The predicted octanol–water partition coefficient (Wildman–Crippen LogP) is 1.76. The lowest BCUT2D eigenvalue weighted by atomic mass is 9.64. The maximum atomic E-state index is 11.9. The molecule has 0 heterocycles. The number of ketones is 1. The Balaban J connectivity index is 2.33. The van der Waals surface area contributed by atoms with E-state index in [-0.39, 0.29) is 12.0 Å². The third-order valence-corrected chi connectivity index (χ3v) is 4.29. The van der Waals surface area contributed by atoms with Gasteiger partial charge in [0.05, 0.1) is 12.0 Å². The van der Waals surface area contributed by atoms with Gasteiger partial charge in [-0.15, -0.1) is 0 Å². The summed E-state index contributed by atoms with van der Waals surface area (Å²) in [5.41, 5.74) is -0.335. The van der Waals surface area contributed by atoms with Crippen LogP contribution in [-0.2, 0) is 4.79 Å². The van der Waals surface area contributed by atoms with Gasteiger partial charge in [0.2, 0.25) is 0 Å². The summed E-state index contributed by atoms with van der Waals surface area (Å²) >= 11 is 0. The summed E-state index contributed by atoms with van der Waals surface area (Å²) in [5.74, 6) is 1.21. The largest absolute Gasteiger partial charge is 0.395 e. The topological polar surface area (TPSA) is 37.3 Å². The first-order valence-corrected chi connectivity index (χ1v) is 5.36. The van der Waals surface area contributed by atoms with Crippen molar-refractivity contribution < 1.29 is 9.90 Å². The van der Waals surface area contributed by atoms with E-state index in [9.17, 15) is 9.90 Å². The molecule has 0 bridgehead atoms. The average Bonchev–Trinajstić information content (AvgIpc) is 2.46. The predicted molar refractivity (Wildman–Crippen MR) is 50.3 cm³/mol. The van der Waals surface area contributed by atoms with Gasteiger partial charge in [0.25, 0.3) is 0 Å². The van der Waals surface area contributed by atoms with Gasteiger partial charge in [-0.05, 0) is 37.5 Å². The van der Waals surface area contributed by atoms with Crippen LogP contribution in [0, 0.1) is 17.3 Å². The second-order valence-electron chi connectivity index (χ2n) is 4.69. The molecule has 2 heteroatoms. The number of fused-ring (bicyclic) bond motifs is 1. The van der Waals surface area contributed by atoms with Crippen molar-refractivity contribution in [3.63, 3.8) is 0 Å². The number of rotatable bonds is 1.